The Morgan fingerprint density at radius 3 is 2.89 bits per heavy atom. The van der Waals surface area contributed by atoms with E-state index in [0.717, 1.165) is 22.0 Å². The zero-order valence-corrected chi connectivity index (χ0v) is 10.2. The minimum atomic E-state index is 0.630. The summed E-state index contributed by atoms with van der Waals surface area (Å²) in [5.41, 5.74) is 3.50. The molecule has 19 heavy (non-hydrogen) atoms. The second kappa shape index (κ2) is 4.79. The van der Waals surface area contributed by atoms with Crippen LogP contribution in [0.25, 0.3) is 22.6 Å². The number of nitriles is 1. The van der Waals surface area contributed by atoms with Crippen molar-refractivity contribution in [3.63, 3.8) is 0 Å². The van der Waals surface area contributed by atoms with Gasteiger partial charge in [-0.05, 0) is 23.8 Å². The third kappa shape index (κ3) is 2.12. The van der Waals surface area contributed by atoms with Crippen molar-refractivity contribution in [2.24, 2.45) is 0 Å². The molecule has 0 fully saturated rings. The van der Waals surface area contributed by atoms with E-state index < -0.39 is 0 Å². The molecule has 0 bridgehead atoms. The Bertz CT molecular complexity index is 776. The van der Waals surface area contributed by atoms with E-state index in [9.17, 15) is 5.26 Å². The normalized spacial score (nSPS) is 11.4. The molecule has 1 N–H and O–H groups in total. The number of rotatable bonds is 2. The number of hydrogen-bond acceptors (Lipinski definition) is 2. The topological polar surface area (TPSA) is 52.5 Å². The first kappa shape index (κ1) is 11.2. The van der Waals surface area contributed by atoms with Gasteiger partial charge in [0.25, 0.3) is 0 Å². The summed E-state index contributed by atoms with van der Waals surface area (Å²) in [7, 11) is 0. The van der Waals surface area contributed by atoms with Crippen LogP contribution >= 0.6 is 0 Å². The van der Waals surface area contributed by atoms with Crippen molar-refractivity contribution < 1.29 is 0 Å². The fraction of sp³-hybridized carbons (Fsp3) is 0. The summed E-state index contributed by atoms with van der Waals surface area (Å²) < 4.78 is 0. The van der Waals surface area contributed by atoms with Crippen molar-refractivity contribution in [1.29, 1.82) is 5.26 Å². The van der Waals surface area contributed by atoms with Crippen LogP contribution in [0, 0.1) is 11.3 Å². The SMILES string of the molecule is N#C/C(=C/c1cccnc1)c1c[nH]c2ccccc12. The molecule has 0 aliphatic rings. The van der Waals surface area contributed by atoms with E-state index >= 15 is 0 Å². The van der Waals surface area contributed by atoms with Gasteiger partial charge in [-0.2, -0.15) is 5.26 Å². The highest BCUT2D eigenvalue weighted by molar-refractivity contribution is 6.01. The van der Waals surface area contributed by atoms with Gasteiger partial charge in [0.1, 0.15) is 0 Å². The lowest BCUT2D eigenvalue weighted by atomic mass is 10.0. The Morgan fingerprint density at radius 2 is 2.11 bits per heavy atom. The van der Waals surface area contributed by atoms with Gasteiger partial charge in [-0.15, -0.1) is 0 Å². The van der Waals surface area contributed by atoms with Crippen LogP contribution in [0.15, 0.2) is 55.0 Å². The third-order valence-electron chi connectivity index (χ3n) is 3.00. The van der Waals surface area contributed by atoms with Crippen molar-refractivity contribution in [1.82, 2.24) is 9.97 Å². The molecule has 0 saturated heterocycles. The molecule has 2 aromatic heterocycles. The van der Waals surface area contributed by atoms with E-state index in [4.69, 9.17) is 0 Å². The highest BCUT2D eigenvalue weighted by Crippen LogP contribution is 2.25. The van der Waals surface area contributed by atoms with Crippen molar-refractivity contribution >= 4 is 22.6 Å². The predicted octanol–water partition coefficient (Wildman–Crippen LogP) is 3.63. The first-order valence-corrected chi connectivity index (χ1v) is 5.97. The molecule has 0 aliphatic carbocycles. The second-order valence-electron chi connectivity index (χ2n) is 4.20. The Hall–Kier alpha value is -2.86. The van der Waals surface area contributed by atoms with Crippen LogP contribution in [0.2, 0.25) is 0 Å². The summed E-state index contributed by atoms with van der Waals surface area (Å²) in [5, 5.41) is 10.4. The van der Waals surface area contributed by atoms with Gasteiger partial charge in [-0.1, -0.05) is 24.3 Å². The summed E-state index contributed by atoms with van der Waals surface area (Å²) in [6.07, 6.45) is 7.18. The van der Waals surface area contributed by atoms with Gasteiger partial charge >= 0.3 is 0 Å². The minimum Gasteiger partial charge on any atom is -0.361 e. The third-order valence-corrected chi connectivity index (χ3v) is 3.00. The van der Waals surface area contributed by atoms with E-state index in [1.165, 1.54) is 0 Å². The Balaban J connectivity index is 2.14. The summed E-state index contributed by atoms with van der Waals surface area (Å²) in [6.45, 7) is 0. The number of aromatic amines is 1. The Morgan fingerprint density at radius 1 is 1.21 bits per heavy atom. The molecule has 0 unspecified atom stereocenters. The zero-order chi connectivity index (χ0) is 13.1. The molecule has 3 rings (SSSR count). The molecular weight excluding hydrogens is 234 g/mol. The quantitative estimate of drug-likeness (QED) is 0.701. The molecule has 0 aliphatic heterocycles. The highest BCUT2D eigenvalue weighted by atomic mass is 14.7. The van der Waals surface area contributed by atoms with E-state index in [2.05, 4.69) is 16.0 Å². The number of H-pyrrole nitrogens is 1. The van der Waals surface area contributed by atoms with Crippen molar-refractivity contribution in [2.45, 2.75) is 0 Å². The van der Waals surface area contributed by atoms with Crippen LogP contribution in [0.4, 0.5) is 0 Å². The molecule has 1 aromatic carbocycles. The van der Waals surface area contributed by atoms with E-state index in [-0.39, 0.29) is 0 Å². The Labute approximate surface area is 110 Å². The number of aromatic nitrogens is 2. The number of nitrogens with one attached hydrogen (secondary N) is 1. The molecule has 3 heteroatoms. The smallest absolute Gasteiger partial charge is 0.0998 e. The van der Waals surface area contributed by atoms with Gasteiger partial charge in [-0.25, -0.2) is 0 Å². The monoisotopic (exact) mass is 245 g/mol. The lowest BCUT2D eigenvalue weighted by molar-refractivity contribution is 1.32. The van der Waals surface area contributed by atoms with E-state index in [1.807, 2.05) is 48.7 Å². The van der Waals surface area contributed by atoms with Crippen LogP contribution in [-0.2, 0) is 0 Å². The van der Waals surface area contributed by atoms with Crippen molar-refractivity contribution in [2.75, 3.05) is 0 Å². The number of nitrogens with zero attached hydrogens (tertiary/aromatic N) is 2. The molecule has 0 spiro atoms. The fourth-order valence-corrected chi connectivity index (χ4v) is 2.09. The molecule has 0 radical (unpaired) electrons. The number of hydrogen-bond donors (Lipinski definition) is 1. The van der Waals surface area contributed by atoms with Gasteiger partial charge in [0.2, 0.25) is 0 Å². The van der Waals surface area contributed by atoms with Crippen LogP contribution in [0.1, 0.15) is 11.1 Å². The van der Waals surface area contributed by atoms with Gasteiger partial charge < -0.3 is 4.98 Å². The lowest BCUT2D eigenvalue weighted by Crippen LogP contribution is -1.81. The molecule has 3 aromatic rings. The number of benzene rings is 1. The van der Waals surface area contributed by atoms with E-state index in [1.54, 1.807) is 12.4 Å². The van der Waals surface area contributed by atoms with Gasteiger partial charge in [0.15, 0.2) is 0 Å². The first-order chi connectivity index (χ1) is 9.38. The van der Waals surface area contributed by atoms with Crippen molar-refractivity contribution in [3.05, 3.63) is 66.1 Å². The first-order valence-electron chi connectivity index (χ1n) is 5.97. The van der Waals surface area contributed by atoms with Crippen LogP contribution in [-0.4, -0.2) is 9.97 Å². The van der Waals surface area contributed by atoms with Gasteiger partial charge in [-0.3, -0.25) is 4.98 Å². The van der Waals surface area contributed by atoms with Crippen molar-refractivity contribution in [3.8, 4) is 6.07 Å². The summed E-state index contributed by atoms with van der Waals surface area (Å²) in [4.78, 5) is 7.24. The standard InChI is InChI=1S/C16H11N3/c17-9-13(8-12-4-3-7-18-10-12)15-11-19-16-6-2-1-5-14(15)16/h1-8,10-11,19H/b13-8-. The van der Waals surface area contributed by atoms with Gasteiger partial charge in [0.05, 0.1) is 11.6 Å². The molecule has 0 saturated carbocycles. The minimum absolute atomic E-state index is 0.630. The molecule has 0 amide bonds. The summed E-state index contributed by atoms with van der Waals surface area (Å²) >= 11 is 0. The average Bonchev–Trinajstić information content (AvgIpc) is 2.90. The van der Waals surface area contributed by atoms with E-state index in [0.29, 0.717) is 5.57 Å². The predicted molar refractivity (Wildman–Crippen MR) is 76.0 cm³/mol. The highest BCUT2D eigenvalue weighted by Gasteiger charge is 2.07. The number of pyridine rings is 1. The zero-order valence-electron chi connectivity index (χ0n) is 10.2. The molecule has 0 atom stereocenters. The summed E-state index contributed by atoms with van der Waals surface area (Å²) in [5.74, 6) is 0. The van der Waals surface area contributed by atoms with Crippen LogP contribution in [0.5, 0.6) is 0 Å². The average molecular weight is 245 g/mol. The Kier molecular flexibility index (Phi) is 2.83. The maximum atomic E-state index is 9.37. The maximum absolute atomic E-state index is 9.37. The molecular formula is C16H11N3. The van der Waals surface area contributed by atoms with Crippen LogP contribution < -0.4 is 0 Å². The van der Waals surface area contributed by atoms with Gasteiger partial charge in [0, 0.05) is 35.1 Å². The lowest BCUT2D eigenvalue weighted by Gasteiger charge is -1.97. The number of allylic oxidation sites excluding steroid dienone is 1. The fourth-order valence-electron chi connectivity index (χ4n) is 2.09. The second-order valence-corrected chi connectivity index (χ2v) is 4.20. The number of para-hydroxylation sites is 1. The largest absolute Gasteiger partial charge is 0.361 e. The molecule has 2 heterocycles. The maximum Gasteiger partial charge on any atom is 0.0998 e. The molecule has 3 nitrogen and oxygen atoms in total. The molecule has 90 valence electrons. The number of fused-ring (bicyclic) bond motifs is 1. The van der Waals surface area contributed by atoms with Crippen LogP contribution in [0.3, 0.4) is 0 Å². The summed E-state index contributed by atoms with van der Waals surface area (Å²) in [6, 6.07) is 14.0.